The molecule has 1 aliphatic rings. The van der Waals surface area contributed by atoms with Crippen molar-refractivity contribution in [3.8, 4) is 0 Å². The maximum absolute atomic E-state index is 12.6. The summed E-state index contributed by atoms with van der Waals surface area (Å²) in [7, 11) is 0. The number of benzene rings is 2. The van der Waals surface area contributed by atoms with Crippen LogP contribution >= 0.6 is 0 Å². The Labute approximate surface area is 162 Å². The number of nitrogens with one attached hydrogen (secondary N) is 2. The maximum atomic E-state index is 12.6. The summed E-state index contributed by atoms with van der Waals surface area (Å²) in [4.78, 5) is 14.4. The maximum Gasteiger partial charge on any atom is 0.416 e. The minimum absolute atomic E-state index is 0.336. The van der Waals surface area contributed by atoms with E-state index in [1.807, 2.05) is 18.2 Å². The summed E-state index contributed by atoms with van der Waals surface area (Å²) in [5.74, 6) is 0.408. The number of halogens is 3. The van der Waals surface area contributed by atoms with Gasteiger partial charge in [0.2, 0.25) is 0 Å². The lowest BCUT2D eigenvalue weighted by Crippen LogP contribution is -2.39. The van der Waals surface area contributed by atoms with Crippen molar-refractivity contribution in [2.75, 3.05) is 25.0 Å². The number of urea groups is 1. The Morgan fingerprint density at radius 3 is 2.25 bits per heavy atom. The molecule has 0 atom stereocenters. The van der Waals surface area contributed by atoms with Gasteiger partial charge < -0.3 is 10.6 Å². The summed E-state index contributed by atoms with van der Waals surface area (Å²) >= 11 is 0. The number of carbonyl (C=O) groups is 1. The number of carbonyl (C=O) groups excluding carboxylic acids is 1. The Bertz CT molecular complexity index is 755. The van der Waals surface area contributed by atoms with Gasteiger partial charge in [0.1, 0.15) is 0 Å². The monoisotopic (exact) mass is 391 g/mol. The fraction of sp³-hybridized carbons (Fsp3) is 0.381. The molecular formula is C21H24F3N3O. The minimum Gasteiger partial charge on any atom is -0.338 e. The molecule has 2 amide bonds. The van der Waals surface area contributed by atoms with Crippen LogP contribution in [-0.2, 0) is 12.7 Å². The van der Waals surface area contributed by atoms with Crippen LogP contribution in [0.1, 0.15) is 24.0 Å². The second-order valence-electron chi connectivity index (χ2n) is 7.12. The van der Waals surface area contributed by atoms with Crippen molar-refractivity contribution in [2.45, 2.75) is 25.6 Å². The largest absolute Gasteiger partial charge is 0.416 e. The Kier molecular flexibility index (Phi) is 6.57. The second kappa shape index (κ2) is 9.10. The van der Waals surface area contributed by atoms with Crippen LogP contribution in [0.2, 0.25) is 0 Å². The van der Waals surface area contributed by atoms with E-state index in [2.05, 4.69) is 27.7 Å². The predicted octanol–water partition coefficient (Wildman–Crippen LogP) is 4.74. The topological polar surface area (TPSA) is 44.4 Å². The lowest BCUT2D eigenvalue weighted by Gasteiger charge is -2.32. The quantitative estimate of drug-likeness (QED) is 0.773. The highest BCUT2D eigenvalue weighted by Gasteiger charge is 2.30. The summed E-state index contributed by atoms with van der Waals surface area (Å²) in [6.45, 7) is 3.48. The molecule has 1 heterocycles. The number of nitrogens with zero attached hydrogens (tertiary/aromatic N) is 1. The van der Waals surface area contributed by atoms with Crippen molar-refractivity contribution >= 4 is 11.7 Å². The van der Waals surface area contributed by atoms with E-state index in [-0.39, 0.29) is 0 Å². The molecule has 0 spiro atoms. The smallest absolute Gasteiger partial charge is 0.338 e. The van der Waals surface area contributed by atoms with Gasteiger partial charge in [0.15, 0.2) is 0 Å². The molecule has 0 radical (unpaired) electrons. The average Bonchev–Trinajstić information content (AvgIpc) is 2.68. The molecular weight excluding hydrogens is 367 g/mol. The summed E-state index contributed by atoms with van der Waals surface area (Å²) < 4.78 is 37.7. The lowest BCUT2D eigenvalue weighted by atomic mass is 9.96. The zero-order valence-electron chi connectivity index (χ0n) is 15.5. The van der Waals surface area contributed by atoms with Gasteiger partial charge in [-0.05, 0) is 61.7 Å². The molecule has 0 aliphatic carbocycles. The second-order valence-corrected chi connectivity index (χ2v) is 7.12. The van der Waals surface area contributed by atoms with E-state index in [0.717, 1.165) is 44.6 Å². The third-order valence-corrected chi connectivity index (χ3v) is 4.98. The number of alkyl halides is 3. The first-order valence-electron chi connectivity index (χ1n) is 9.38. The molecule has 2 aromatic carbocycles. The van der Waals surface area contributed by atoms with Gasteiger partial charge in [0.25, 0.3) is 0 Å². The van der Waals surface area contributed by atoms with Crippen molar-refractivity contribution in [1.29, 1.82) is 0 Å². The Morgan fingerprint density at radius 2 is 1.64 bits per heavy atom. The molecule has 150 valence electrons. The Hall–Kier alpha value is -2.54. The third-order valence-electron chi connectivity index (χ3n) is 4.98. The predicted molar refractivity (Wildman–Crippen MR) is 103 cm³/mol. The number of rotatable bonds is 5. The van der Waals surface area contributed by atoms with E-state index in [0.29, 0.717) is 18.2 Å². The van der Waals surface area contributed by atoms with E-state index in [1.165, 1.54) is 17.7 Å². The van der Waals surface area contributed by atoms with Crippen molar-refractivity contribution < 1.29 is 18.0 Å². The Balaban J connectivity index is 1.37. The molecule has 7 heteroatoms. The molecule has 3 rings (SSSR count). The normalized spacial score (nSPS) is 16.0. The van der Waals surface area contributed by atoms with E-state index in [9.17, 15) is 18.0 Å². The first-order chi connectivity index (χ1) is 13.4. The summed E-state index contributed by atoms with van der Waals surface area (Å²) in [6, 6.07) is 14.4. The van der Waals surface area contributed by atoms with Crippen LogP contribution in [0.5, 0.6) is 0 Å². The SMILES string of the molecule is O=C(NCC1CCN(Cc2ccccc2)CC1)Nc1ccc(C(F)(F)F)cc1. The van der Waals surface area contributed by atoms with Crippen LogP contribution in [0.25, 0.3) is 0 Å². The average molecular weight is 391 g/mol. The minimum atomic E-state index is -4.38. The standard InChI is InChI=1S/C21H24F3N3O/c22-21(23,24)18-6-8-19(9-7-18)26-20(28)25-14-16-10-12-27(13-11-16)15-17-4-2-1-3-5-17/h1-9,16H,10-15H2,(H2,25,26,28). The molecule has 4 nitrogen and oxygen atoms in total. The van der Waals surface area contributed by atoms with Crippen LogP contribution in [0.15, 0.2) is 54.6 Å². The van der Waals surface area contributed by atoms with Crippen LogP contribution in [0.4, 0.5) is 23.7 Å². The van der Waals surface area contributed by atoms with Crippen molar-refractivity contribution in [3.05, 3.63) is 65.7 Å². The van der Waals surface area contributed by atoms with Gasteiger partial charge in [-0.1, -0.05) is 30.3 Å². The number of amides is 2. The van der Waals surface area contributed by atoms with Gasteiger partial charge in [-0.2, -0.15) is 13.2 Å². The molecule has 1 aliphatic heterocycles. The molecule has 0 aromatic heterocycles. The summed E-state index contributed by atoms with van der Waals surface area (Å²) in [6.07, 6.45) is -2.36. The molecule has 2 N–H and O–H groups in total. The first kappa shape index (κ1) is 20.2. The van der Waals surface area contributed by atoms with Crippen molar-refractivity contribution in [2.24, 2.45) is 5.92 Å². The highest BCUT2D eigenvalue weighted by atomic mass is 19.4. The van der Waals surface area contributed by atoms with Crippen molar-refractivity contribution in [3.63, 3.8) is 0 Å². The highest BCUT2D eigenvalue weighted by molar-refractivity contribution is 5.89. The molecule has 1 fully saturated rings. The number of likely N-dealkylation sites (tertiary alicyclic amines) is 1. The van der Waals surface area contributed by atoms with Crippen LogP contribution in [-0.4, -0.2) is 30.6 Å². The van der Waals surface area contributed by atoms with E-state index < -0.39 is 17.8 Å². The first-order valence-corrected chi connectivity index (χ1v) is 9.38. The van der Waals surface area contributed by atoms with Crippen LogP contribution in [0, 0.1) is 5.92 Å². The van der Waals surface area contributed by atoms with E-state index in [4.69, 9.17) is 0 Å². The van der Waals surface area contributed by atoms with Gasteiger partial charge in [0.05, 0.1) is 5.56 Å². The zero-order valence-corrected chi connectivity index (χ0v) is 15.5. The molecule has 1 saturated heterocycles. The molecule has 0 unspecified atom stereocenters. The molecule has 28 heavy (non-hydrogen) atoms. The van der Waals surface area contributed by atoms with E-state index >= 15 is 0 Å². The lowest BCUT2D eigenvalue weighted by molar-refractivity contribution is -0.137. The van der Waals surface area contributed by atoms with Gasteiger partial charge >= 0.3 is 12.2 Å². The number of hydrogen-bond donors (Lipinski definition) is 2. The summed E-state index contributed by atoms with van der Waals surface area (Å²) in [5, 5.41) is 5.39. The molecule has 2 aromatic rings. The van der Waals surface area contributed by atoms with Crippen LogP contribution < -0.4 is 10.6 Å². The van der Waals surface area contributed by atoms with E-state index in [1.54, 1.807) is 0 Å². The van der Waals surface area contributed by atoms with Crippen LogP contribution in [0.3, 0.4) is 0 Å². The third kappa shape index (κ3) is 5.99. The van der Waals surface area contributed by atoms with Crippen molar-refractivity contribution in [1.82, 2.24) is 10.2 Å². The summed E-state index contributed by atoms with van der Waals surface area (Å²) in [5.41, 5.74) is 0.902. The van der Waals surface area contributed by atoms with Gasteiger partial charge in [-0.25, -0.2) is 4.79 Å². The Morgan fingerprint density at radius 1 is 1.00 bits per heavy atom. The van der Waals surface area contributed by atoms with Gasteiger partial charge in [0, 0.05) is 18.8 Å². The highest BCUT2D eigenvalue weighted by Crippen LogP contribution is 2.29. The zero-order chi connectivity index (χ0) is 20.0. The molecule has 0 saturated carbocycles. The van der Waals surface area contributed by atoms with Gasteiger partial charge in [-0.3, -0.25) is 4.90 Å². The number of hydrogen-bond acceptors (Lipinski definition) is 2. The number of anilines is 1. The molecule has 0 bridgehead atoms. The fourth-order valence-electron chi connectivity index (χ4n) is 3.35. The fourth-order valence-corrected chi connectivity index (χ4v) is 3.35. The number of piperidine rings is 1. The van der Waals surface area contributed by atoms with Gasteiger partial charge in [-0.15, -0.1) is 0 Å².